The second-order valence-electron chi connectivity index (χ2n) is 8.33. The second kappa shape index (κ2) is 13.4. The summed E-state index contributed by atoms with van der Waals surface area (Å²) in [6, 6.07) is 2.70. The number of alkyl halides is 4. The second-order valence-corrected chi connectivity index (χ2v) is 8.33. The van der Waals surface area contributed by atoms with Crippen LogP contribution < -0.4 is 11.3 Å². The summed E-state index contributed by atoms with van der Waals surface area (Å²) < 4.78 is 64.0. The molecular formula is C25H27F5N6O2. The number of H-pyrrole nitrogens is 1. The van der Waals surface area contributed by atoms with Gasteiger partial charge in [0.25, 0.3) is 5.56 Å². The fourth-order valence-electron chi connectivity index (χ4n) is 3.24. The first-order valence-corrected chi connectivity index (χ1v) is 11.4. The van der Waals surface area contributed by atoms with E-state index in [1.165, 1.54) is 12.1 Å². The number of nitrogens with two attached hydrogens (primary N) is 1. The smallest absolute Gasteiger partial charge is 0.397 e. The first kappa shape index (κ1) is 30.1. The number of benzene rings is 1. The average Bonchev–Trinajstić information content (AvgIpc) is 2.83. The number of aryl methyl sites for hydroxylation is 1. The van der Waals surface area contributed by atoms with Crippen LogP contribution in [0.1, 0.15) is 46.8 Å². The minimum Gasteiger partial charge on any atom is -0.397 e. The molecule has 1 unspecified atom stereocenters. The largest absolute Gasteiger partial charge is 0.423 e. The molecule has 0 saturated carbocycles. The number of hydrogen-bond acceptors (Lipinski definition) is 7. The molecule has 0 aliphatic heterocycles. The predicted molar refractivity (Wildman–Crippen MR) is 133 cm³/mol. The quantitative estimate of drug-likeness (QED) is 0.312. The van der Waals surface area contributed by atoms with Crippen LogP contribution in [0.2, 0.25) is 0 Å². The third-order valence-electron chi connectivity index (χ3n) is 5.09. The maximum Gasteiger partial charge on any atom is 0.423 e. The van der Waals surface area contributed by atoms with Crippen LogP contribution in [0.15, 0.2) is 41.7 Å². The molecule has 204 valence electrons. The molecule has 0 radical (unpaired) electrons. The lowest BCUT2D eigenvalue weighted by atomic mass is 10.0. The van der Waals surface area contributed by atoms with Crippen LogP contribution in [0.3, 0.4) is 0 Å². The SMILES string of the molecule is CCCC(F)CN(C)/C=C\c1cc(-c2ncc(C)cn2)c(F)cc1C=O.Nc1cn[nH]c(=O)c1C(F)(F)F. The average molecular weight is 539 g/mol. The van der Waals surface area contributed by atoms with Gasteiger partial charge in [0.05, 0.1) is 17.4 Å². The summed E-state index contributed by atoms with van der Waals surface area (Å²) in [7, 11) is 1.76. The number of nitrogens with zero attached hydrogens (tertiary/aromatic N) is 4. The Hall–Kier alpha value is -4.16. The van der Waals surface area contributed by atoms with Crippen molar-refractivity contribution in [2.75, 3.05) is 19.3 Å². The van der Waals surface area contributed by atoms with E-state index in [4.69, 9.17) is 5.73 Å². The van der Waals surface area contributed by atoms with Crippen molar-refractivity contribution in [1.82, 2.24) is 25.1 Å². The number of aldehydes is 1. The molecule has 0 fully saturated rings. The zero-order valence-electron chi connectivity index (χ0n) is 20.9. The molecule has 0 spiro atoms. The Morgan fingerprint density at radius 1 is 1.16 bits per heavy atom. The third-order valence-corrected chi connectivity index (χ3v) is 5.09. The van der Waals surface area contributed by atoms with E-state index >= 15 is 0 Å². The van der Waals surface area contributed by atoms with Gasteiger partial charge in [0.2, 0.25) is 0 Å². The number of rotatable bonds is 8. The number of nitrogen functional groups attached to an aromatic ring is 1. The van der Waals surface area contributed by atoms with Crippen molar-refractivity contribution in [2.45, 2.75) is 39.0 Å². The molecule has 8 nitrogen and oxygen atoms in total. The monoisotopic (exact) mass is 538 g/mol. The van der Waals surface area contributed by atoms with Gasteiger partial charge in [0.15, 0.2) is 12.1 Å². The van der Waals surface area contributed by atoms with Crippen LogP contribution in [-0.2, 0) is 6.18 Å². The van der Waals surface area contributed by atoms with E-state index < -0.39 is 35.0 Å². The Bertz CT molecular complexity index is 1310. The van der Waals surface area contributed by atoms with Crippen LogP contribution in [0, 0.1) is 12.7 Å². The summed E-state index contributed by atoms with van der Waals surface area (Å²) in [5.41, 5.74) is 3.32. The van der Waals surface area contributed by atoms with Crippen LogP contribution in [-0.4, -0.2) is 51.1 Å². The maximum atomic E-state index is 14.3. The van der Waals surface area contributed by atoms with Gasteiger partial charge in [-0.15, -0.1) is 0 Å². The summed E-state index contributed by atoms with van der Waals surface area (Å²) in [4.78, 5) is 31.8. The van der Waals surface area contributed by atoms with Crippen LogP contribution in [0.4, 0.5) is 27.6 Å². The van der Waals surface area contributed by atoms with Crippen molar-refractivity contribution in [2.24, 2.45) is 0 Å². The highest BCUT2D eigenvalue weighted by Gasteiger charge is 2.36. The molecule has 2 aromatic heterocycles. The van der Waals surface area contributed by atoms with Crippen molar-refractivity contribution in [3.8, 4) is 11.4 Å². The zero-order chi connectivity index (χ0) is 28.5. The highest BCUT2D eigenvalue weighted by Crippen LogP contribution is 2.29. The summed E-state index contributed by atoms with van der Waals surface area (Å²) in [5.74, 6) is -0.312. The molecule has 0 saturated heterocycles. The number of carbonyl (C=O) groups is 1. The predicted octanol–water partition coefficient (Wildman–Crippen LogP) is 4.82. The summed E-state index contributed by atoms with van der Waals surface area (Å²) in [6.07, 6.45) is 3.53. The van der Waals surface area contributed by atoms with Gasteiger partial charge in [0, 0.05) is 31.5 Å². The van der Waals surface area contributed by atoms with Crippen LogP contribution >= 0.6 is 0 Å². The minimum absolute atomic E-state index is 0.215. The number of nitrogens with one attached hydrogen (secondary N) is 1. The van der Waals surface area contributed by atoms with Gasteiger partial charge in [-0.05, 0) is 48.9 Å². The van der Waals surface area contributed by atoms with Gasteiger partial charge in [-0.1, -0.05) is 13.3 Å². The van der Waals surface area contributed by atoms with Gasteiger partial charge in [-0.3, -0.25) is 9.59 Å². The van der Waals surface area contributed by atoms with Gasteiger partial charge >= 0.3 is 6.18 Å². The first-order valence-electron chi connectivity index (χ1n) is 11.4. The van der Waals surface area contributed by atoms with E-state index in [1.807, 2.05) is 13.8 Å². The van der Waals surface area contributed by atoms with E-state index in [9.17, 15) is 31.5 Å². The lowest BCUT2D eigenvalue weighted by molar-refractivity contribution is -0.138. The van der Waals surface area contributed by atoms with E-state index in [2.05, 4.69) is 15.1 Å². The molecule has 1 aromatic carbocycles. The molecule has 2 heterocycles. The number of hydrogen-bond donors (Lipinski definition) is 2. The highest BCUT2D eigenvalue weighted by molar-refractivity contribution is 5.84. The molecule has 13 heteroatoms. The first-order chi connectivity index (χ1) is 17.9. The van der Waals surface area contributed by atoms with E-state index in [0.717, 1.165) is 18.2 Å². The van der Waals surface area contributed by atoms with Crippen molar-refractivity contribution in [3.63, 3.8) is 0 Å². The Kier molecular flexibility index (Phi) is 10.6. The molecule has 3 N–H and O–H groups in total. The molecule has 0 aliphatic rings. The molecule has 38 heavy (non-hydrogen) atoms. The van der Waals surface area contributed by atoms with Crippen molar-refractivity contribution in [1.29, 1.82) is 0 Å². The molecule has 3 aromatic rings. The van der Waals surface area contributed by atoms with Gasteiger partial charge in [-0.25, -0.2) is 23.8 Å². The Morgan fingerprint density at radius 3 is 2.34 bits per heavy atom. The number of carbonyl (C=O) groups excluding carboxylic acids is 1. The third kappa shape index (κ3) is 8.46. The van der Waals surface area contributed by atoms with E-state index in [1.54, 1.807) is 41.7 Å². The zero-order valence-corrected chi connectivity index (χ0v) is 20.9. The lowest BCUT2D eigenvalue weighted by Crippen LogP contribution is -2.24. The Morgan fingerprint density at radius 2 is 1.82 bits per heavy atom. The lowest BCUT2D eigenvalue weighted by Gasteiger charge is -2.17. The Labute approximate surface area is 215 Å². The number of halogens is 5. The van der Waals surface area contributed by atoms with E-state index in [0.29, 0.717) is 18.3 Å². The highest BCUT2D eigenvalue weighted by atomic mass is 19.4. The normalized spacial score (nSPS) is 12.1. The van der Waals surface area contributed by atoms with E-state index in [-0.39, 0.29) is 23.5 Å². The summed E-state index contributed by atoms with van der Waals surface area (Å²) >= 11 is 0. The van der Waals surface area contributed by atoms with Gasteiger partial charge in [-0.2, -0.15) is 18.3 Å². The number of aromatic amines is 1. The molecular weight excluding hydrogens is 511 g/mol. The minimum atomic E-state index is -4.74. The van der Waals surface area contributed by atoms with Crippen molar-refractivity contribution < 1.29 is 26.7 Å². The number of aromatic nitrogens is 4. The van der Waals surface area contributed by atoms with Crippen LogP contribution in [0.25, 0.3) is 17.5 Å². The van der Waals surface area contributed by atoms with Crippen molar-refractivity contribution in [3.05, 3.63) is 75.3 Å². The van der Waals surface area contributed by atoms with Crippen molar-refractivity contribution >= 4 is 18.0 Å². The molecule has 0 aliphatic carbocycles. The van der Waals surface area contributed by atoms with Gasteiger partial charge < -0.3 is 10.6 Å². The topological polar surface area (TPSA) is 118 Å². The molecule has 0 amide bonds. The fourth-order valence-corrected chi connectivity index (χ4v) is 3.24. The standard InChI is InChI=1S/C20H23F2N3O.C5H4F3N3O/c1-4-5-17(21)12-25(3)7-6-15-8-18(19(22)9-16(15)13-26)20-23-10-14(2)11-24-20;6-5(7,8)3-2(9)1-10-11-4(3)12/h6-11,13,17H,4-5,12H2,1-3H3;1H,(H3,9,11,12)/b7-6-;. The maximum absolute atomic E-state index is 14.3. The molecule has 3 rings (SSSR count). The summed E-state index contributed by atoms with van der Waals surface area (Å²) in [5, 5.41) is 4.74. The molecule has 0 bridgehead atoms. The molecule has 1 atom stereocenters. The number of anilines is 1. The fraction of sp³-hybridized carbons (Fsp3) is 0.320. The van der Waals surface area contributed by atoms with Crippen LogP contribution in [0.5, 0.6) is 0 Å². The van der Waals surface area contributed by atoms with Gasteiger partial charge in [0.1, 0.15) is 17.6 Å². The Balaban J connectivity index is 0.000000352. The summed E-state index contributed by atoms with van der Waals surface area (Å²) in [6.45, 7) is 4.04.